The smallest absolute Gasteiger partial charge is 0.0242 e. The van der Waals surface area contributed by atoms with Gasteiger partial charge in [0.2, 0.25) is 0 Å². The summed E-state index contributed by atoms with van der Waals surface area (Å²) in [5.74, 6) is 0.931. The topological polar surface area (TPSA) is 14.1 Å². The molecule has 0 aliphatic heterocycles. The van der Waals surface area contributed by atoms with Gasteiger partial charge in [0.05, 0.1) is 0 Å². The van der Waals surface area contributed by atoms with E-state index in [2.05, 4.69) is 12.2 Å². The highest BCUT2D eigenvalue weighted by molar-refractivity contribution is 4.77. The summed E-state index contributed by atoms with van der Waals surface area (Å²) in [5, 5.41) is 4.21. The molecule has 1 fully saturated rings. The second kappa shape index (κ2) is 2.49. The van der Waals surface area contributed by atoms with E-state index in [0.717, 1.165) is 5.92 Å². The highest BCUT2D eigenvalue weighted by Crippen LogP contribution is 2.29. The molecular formula is C7H14N. The van der Waals surface area contributed by atoms with E-state index in [1.807, 2.05) is 7.05 Å². The van der Waals surface area contributed by atoms with Crippen LogP contribution in [-0.4, -0.2) is 13.1 Å². The molecule has 1 atom stereocenters. The molecule has 0 aromatic carbocycles. The van der Waals surface area contributed by atoms with Crippen molar-refractivity contribution in [3.05, 3.63) is 0 Å². The van der Waals surface area contributed by atoms with E-state index in [1.165, 1.54) is 19.3 Å². The fraction of sp³-hybridized carbons (Fsp3) is 1.00. The van der Waals surface area contributed by atoms with Crippen LogP contribution in [0.4, 0.5) is 0 Å². The minimum Gasteiger partial charge on any atom is -0.242 e. The van der Waals surface area contributed by atoms with Crippen LogP contribution in [0.5, 0.6) is 0 Å². The molecule has 0 saturated heterocycles. The molecule has 8 heavy (non-hydrogen) atoms. The Balaban J connectivity index is 2.13. The Kier molecular flexibility index (Phi) is 1.90. The van der Waals surface area contributed by atoms with E-state index in [-0.39, 0.29) is 0 Å². The molecule has 1 unspecified atom stereocenters. The van der Waals surface area contributed by atoms with Crippen molar-refractivity contribution in [2.75, 3.05) is 7.05 Å². The van der Waals surface area contributed by atoms with Gasteiger partial charge in [0.15, 0.2) is 0 Å². The van der Waals surface area contributed by atoms with E-state index in [9.17, 15) is 0 Å². The molecule has 1 nitrogen and oxygen atoms in total. The van der Waals surface area contributed by atoms with Gasteiger partial charge in [-0.05, 0) is 25.7 Å². The van der Waals surface area contributed by atoms with Crippen LogP contribution in [0.3, 0.4) is 0 Å². The molecule has 0 aromatic heterocycles. The van der Waals surface area contributed by atoms with Gasteiger partial charge in [0.25, 0.3) is 0 Å². The maximum absolute atomic E-state index is 4.21. The molecule has 0 N–H and O–H groups in total. The van der Waals surface area contributed by atoms with E-state index >= 15 is 0 Å². The third-order valence-corrected chi connectivity index (χ3v) is 2.24. The van der Waals surface area contributed by atoms with Crippen LogP contribution in [0.2, 0.25) is 0 Å². The lowest BCUT2D eigenvalue weighted by Gasteiger charge is -2.29. The lowest BCUT2D eigenvalue weighted by Crippen LogP contribution is -2.30. The summed E-state index contributed by atoms with van der Waals surface area (Å²) in [4.78, 5) is 0. The molecule has 0 aromatic rings. The molecule has 47 valence electrons. The summed E-state index contributed by atoms with van der Waals surface area (Å²) in [6.45, 7) is 2.21. The zero-order valence-corrected chi connectivity index (χ0v) is 5.72. The van der Waals surface area contributed by atoms with Gasteiger partial charge in [-0.15, -0.1) is 0 Å². The van der Waals surface area contributed by atoms with Gasteiger partial charge >= 0.3 is 0 Å². The van der Waals surface area contributed by atoms with Crippen molar-refractivity contribution in [1.82, 2.24) is 5.32 Å². The largest absolute Gasteiger partial charge is 0.242 e. The Labute approximate surface area is 51.5 Å². The van der Waals surface area contributed by atoms with Gasteiger partial charge in [-0.2, -0.15) is 0 Å². The van der Waals surface area contributed by atoms with Crippen molar-refractivity contribution in [2.45, 2.75) is 32.2 Å². The molecule has 0 heterocycles. The first-order valence-corrected chi connectivity index (χ1v) is 3.43. The van der Waals surface area contributed by atoms with Crippen LogP contribution in [0.15, 0.2) is 0 Å². The molecule has 0 bridgehead atoms. The Hall–Kier alpha value is -0.0400. The van der Waals surface area contributed by atoms with Gasteiger partial charge in [-0.25, -0.2) is 5.32 Å². The van der Waals surface area contributed by atoms with Crippen molar-refractivity contribution >= 4 is 0 Å². The van der Waals surface area contributed by atoms with Crippen molar-refractivity contribution in [1.29, 1.82) is 0 Å². The van der Waals surface area contributed by atoms with Crippen molar-refractivity contribution in [3.63, 3.8) is 0 Å². The average Bonchev–Trinajstić information content (AvgIpc) is 1.62. The van der Waals surface area contributed by atoms with Crippen molar-refractivity contribution in [2.24, 2.45) is 5.92 Å². The fourth-order valence-corrected chi connectivity index (χ4v) is 1.13. The third-order valence-electron chi connectivity index (χ3n) is 2.24. The first kappa shape index (κ1) is 6.09. The zero-order chi connectivity index (χ0) is 5.98. The maximum Gasteiger partial charge on any atom is 0.0242 e. The summed E-state index contributed by atoms with van der Waals surface area (Å²) in [6, 6.07) is 0.628. The predicted molar refractivity (Wildman–Crippen MR) is 34.9 cm³/mol. The first-order chi connectivity index (χ1) is 3.84. The van der Waals surface area contributed by atoms with E-state index in [0.29, 0.717) is 6.04 Å². The van der Waals surface area contributed by atoms with Gasteiger partial charge in [0, 0.05) is 13.1 Å². The van der Waals surface area contributed by atoms with Gasteiger partial charge < -0.3 is 0 Å². The molecule has 0 amide bonds. The Bertz CT molecular complexity index is 64.0. The minimum absolute atomic E-state index is 0.628. The second-order valence-corrected chi connectivity index (χ2v) is 2.69. The summed E-state index contributed by atoms with van der Waals surface area (Å²) in [5.41, 5.74) is 0. The molecule has 1 heteroatoms. The standard InChI is InChI=1S/C7H14N/c1-6(8-2)7-4-3-5-7/h6-7H,3-5H2,1-2H3. The van der Waals surface area contributed by atoms with Crippen LogP contribution in [0.1, 0.15) is 26.2 Å². The highest BCUT2D eigenvalue weighted by Gasteiger charge is 2.22. The SMILES string of the molecule is C[N]C(C)C1CCC1. The Morgan fingerprint density at radius 3 is 2.25 bits per heavy atom. The summed E-state index contributed by atoms with van der Waals surface area (Å²) >= 11 is 0. The Morgan fingerprint density at radius 2 is 2.12 bits per heavy atom. The molecule has 1 aliphatic carbocycles. The number of hydrogen-bond donors (Lipinski definition) is 0. The minimum atomic E-state index is 0.628. The number of hydrogen-bond acceptors (Lipinski definition) is 0. The van der Waals surface area contributed by atoms with Crippen molar-refractivity contribution in [3.8, 4) is 0 Å². The number of rotatable bonds is 2. The molecule has 1 rings (SSSR count). The zero-order valence-electron chi connectivity index (χ0n) is 5.72. The van der Waals surface area contributed by atoms with Crippen LogP contribution >= 0.6 is 0 Å². The molecule has 1 saturated carbocycles. The van der Waals surface area contributed by atoms with Crippen LogP contribution in [0.25, 0.3) is 0 Å². The molecule has 1 aliphatic rings. The first-order valence-electron chi connectivity index (χ1n) is 3.43. The molecule has 0 spiro atoms. The van der Waals surface area contributed by atoms with Gasteiger partial charge in [0.1, 0.15) is 0 Å². The Morgan fingerprint density at radius 1 is 1.50 bits per heavy atom. The van der Waals surface area contributed by atoms with Crippen LogP contribution < -0.4 is 5.32 Å². The van der Waals surface area contributed by atoms with Crippen LogP contribution in [0, 0.1) is 5.92 Å². The van der Waals surface area contributed by atoms with E-state index in [4.69, 9.17) is 0 Å². The van der Waals surface area contributed by atoms with Crippen molar-refractivity contribution < 1.29 is 0 Å². The lowest BCUT2D eigenvalue weighted by molar-refractivity contribution is 0.247. The van der Waals surface area contributed by atoms with Gasteiger partial charge in [-0.1, -0.05) is 6.42 Å². The van der Waals surface area contributed by atoms with Crippen LogP contribution in [-0.2, 0) is 0 Å². The summed E-state index contributed by atoms with van der Waals surface area (Å²) in [7, 11) is 1.92. The van der Waals surface area contributed by atoms with Gasteiger partial charge in [-0.3, -0.25) is 0 Å². The second-order valence-electron chi connectivity index (χ2n) is 2.69. The number of nitrogens with zero attached hydrogens (tertiary/aromatic N) is 1. The third kappa shape index (κ3) is 1.03. The van der Waals surface area contributed by atoms with E-state index in [1.54, 1.807) is 0 Å². The highest BCUT2D eigenvalue weighted by atomic mass is 14.9. The maximum atomic E-state index is 4.21. The summed E-state index contributed by atoms with van der Waals surface area (Å²) in [6.07, 6.45) is 4.27. The predicted octanol–water partition coefficient (Wildman–Crippen LogP) is 1.41. The van der Waals surface area contributed by atoms with E-state index < -0.39 is 0 Å². The molecular weight excluding hydrogens is 98.1 g/mol. The average molecular weight is 112 g/mol. The fourth-order valence-electron chi connectivity index (χ4n) is 1.13. The quantitative estimate of drug-likeness (QED) is 0.513. The lowest BCUT2D eigenvalue weighted by atomic mass is 9.80. The normalized spacial score (nSPS) is 24.8. The summed E-state index contributed by atoms with van der Waals surface area (Å²) < 4.78 is 0. The molecule has 1 radical (unpaired) electrons. The monoisotopic (exact) mass is 112 g/mol.